The van der Waals surface area contributed by atoms with Crippen LogP contribution in [0.15, 0.2) is 24.3 Å². The van der Waals surface area contributed by atoms with E-state index in [4.69, 9.17) is 10.00 Å². The minimum Gasteiger partial charge on any atom is -0.370 e. The van der Waals surface area contributed by atoms with Crippen LogP contribution in [0.4, 0.5) is 0 Å². The van der Waals surface area contributed by atoms with Crippen molar-refractivity contribution in [2.75, 3.05) is 0 Å². The molecule has 0 atom stereocenters. The highest BCUT2D eigenvalue weighted by molar-refractivity contribution is 5.50. The Morgan fingerprint density at radius 3 is 3.00 bits per heavy atom. The normalized spacial score (nSPS) is 13.4. The van der Waals surface area contributed by atoms with Crippen LogP contribution in [0.25, 0.3) is 5.69 Å². The molecule has 1 aliphatic rings. The number of benzene rings is 1. The van der Waals surface area contributed by atoms with Crippen LogP contribution in [0, 0.1) is 18.3 Å². The number of para-hydroxylation sites is 1. The second-order valence-corrected chi connectivity index (χ2v) is 4.04. The Bertz CT molecular complexity index is 622. The lowest BCUT2D eigenvalue weighted by molar-refractivity contribution is 0.130. The summed E-state index contributed by atoms with van der Waals surface area (Å²) in [7, 11) is 0. The lowest BCUT2D eigenvalue weighted by atomic mass is 10.2. The molecular formula is C13H11N3O. The molecule has 0 amide bonds. The fourth-order valence-electron chi connectivity index (χ4n) is 2.15. The van der Waals surface area contributed by atoms with E-state index in [9.17, 15) is 0 Å². The molecule has 1 aromatic carbocycles. The van der Waals surface area contributed by atoms with Crippen molar-refractivity contribution in [1.29, 1.82) is 5.26 Å². The van der Waals surface area contributed by atoms with Crippen LogP contribution in [-0.2, 0) is 18.0 Å². The highest BCUT2D eigenvalue weighted by Gasteiger charge is 2.22. The number of fused-ring (bicyclic) bond motifs is 1. The fourth-order valence-corrected chi connectivity index (χ4v) is 2.15. The van der Waals surface area contributed by atoms with E-state index >= 15 is 0 Å². The van der Waals surface area contributed by atoms with E-state index in [0.717, 1.165) is 22.6 Å². The number of hydrogen-bond donors (Lipinski definition) is 0. The highest BCUT2D eigenvalue weighted by atomic mass is 16.5. The summed E-state index contributed by atoms with van der Waals surface area (Å²) in [6.45, 7) is 3.16. The third-order valence-corrected chi connectivity index (χ3v) is 3.03. The first-order chi connectivity index (χ1) is 8.31. The van der Waals surface area contributed by atoms with Gasteiger partial charge in [-0.15, -0.1) is 0 Å². The number of nitriles is 1. The molecule has 1 aromatic heterocycles. The van der Waals surface area contributed by atoms with E-state index < -0.39 is 0 Å². The van der Waals surface area contributed by atoms with E-state index in [0.29, 0.717) is 18.8 Å². The summed E-state index contributed by atoms with van der Waals surface area (Å²) in [5.74, 6) is 0. The molecule has 4 nitrogen and oxygen atoms in total. The van der Waals surface area contributed by atoms with Crippen LogP contribution < -0.4 is 0 Å². The summed E-state index contributed by atoms with van der Waals surface area (Å²) < 4.78 is 7.26. The first-order valence-corrected chi connectivity index (χ1v) is 5.46. The third-order valence-electron chi connectivity index (χ3n) is 3.03. The zero-order chi connectivity index (χ0) is 11.8. The average molecular weight is 225 g/mol. The number of hydrogen-bond acceptors (Lipinski definition) is 3. The third kappa shape index (κ3) is 1.44. The summed E-state index contributed by atoms with van der Waals surface area (Å²) in [4.78, 5) is 0. The van der Waals surface area contributed by atoms with Crippen molar-refractivity contribution in [1.82, 2.24) is 9.78 Å². The molecule has 0 fully saturated rings. The molecule has 84 valence electrons. The number of rotatable bonds is 1. The zero-order valence-electron chi connectivity index (χ0n) is 9.47. The highest BCUT2D eigenvalue weighted by Crippen LogP contribution is 2.26. The van der Waals surface area contributed by atoms with Crippen molar-refractivity contribution in [2.45, 2.75) is 20.1 Å². The van der Waals surface area contributed by atoms with Gasteiger partial charge in [0.1, 0.15) is 6.07 Å². The average Bonchev–Trinajstić information content (AvgIpc) is 2.94. The lowest BCUT2D eigenvalue weighted by Gasteiger charge is -2.06. The van der Waals surface area contributed by atoms with E-state index in [1.807, 2.05) is 29.8 Å². The largest absolute Gasteiger partial charge is 0.370 e. The molecule has 0 spiro atoms. The Morgan fingerprint density at radius 2 is 2.18 bits per heavy atom. The molecule has 0 saturated carbocycles. The monoisotopic (exact) mass is 225 g/mol. The fraction of sp³-hybridized carbons (Fsp3) is 0.231. The van der Waals surface area contributed by atoms with Crippen LogP contribution >= 0.6 is 0 Å². The van der Waals surface area contributed by atoms with Crippen molar-refractivity contribution in [3.05, 3.63) is 46.8 Å². The molecule has 4 heteroatoms. The predicted octanol–water partition coefficient (Wildman–Crippen LogP) is 2.08. The summed E-state index contributed by atoms with van der Waals surface area (Å²) in [5, 5.41) is 13.6. The molecule has 0 unspecified atom stereocenters. The van der Waals surface area contributed by atoms with E-state index in [1.54, 1.807) is 6.07 Å². The number of ether oxygens (including phenoxy) is 1. The van der Waals surface area contributed by atoms with Gasteiger partial charge >= 0.3 is 0 Å². The van der Waals surface area contributed by atoms with Crippen LogP contribution in [-0.4, -0.2) is 9.78 Å². The van der Waals surface area contributed by atoms with Crippen LogP contribution in [0.5, 0.6) is 0 Å². The van der Waals surface area contributed by atoms with Gasteiger partial charge < -0.3 is 4.74 Å². The molecule has 0 aliphatic carbocycles. The van der Waals surface area contributed by atoms with Crippen LogP contribution in [0.1, 0.15) is 22.5 Å². The number of aryl methyl sites for hydroxylation is 1. The van der Waals surface area contributed by atoms with Crippen molar-refractivity contribution in [2.24, 2.45) is 0 Å². The number of nitrogens with zero attached hydrogens (tertiary/aromatic N) is 3. The summed E-state index contributed by atoms with van der Waals surface area (Å²) in [6.07, 6.45) is 0. The number of aromatic nitrogens is 2. The smallest absolute Gasteiger partial charge is 0.101 e. The van der Waals surface area contributed by atoms with Gasteiger partial charge in [-0.2, -0.15) is 10.4 Å². The van der Waals surface area contributed by atoms with Crippen molar-refractivity contribution >= 4 is 0 Å². The molecule has 17 heavy (non-hydrogen) atoms. The first-order valence-electron chi connectivity index (χ1n) is 5.46. The van der Waals surface area contributed by atoms with Crippen molar-refractivity contribution in [3.63, 3.8) is 0 Å². The SMILES string of the molecule is Cc1nn(-c2ccccc2C#N)c2c1COC2. The topological polar surface area (TPSA) is 50.8 Å². The van der Waals surface area contributed by atoms with Gasteiger partial charge in [0.15, 0.2) is 0 Å². The van der Waals surface area contributed by atoms with Gasteiger partial charge in [-0.25, -0.2) is 4.68 Å². The van der Waals surface area contributed by atoms with Gasteiger partial charge in [-0.05, 0) is 19.1 Å². The Kier molecular flexibility index (Phi) is 2.20. The Morgan fingerprint density at radius 1 is 1.35 bits per heavy atom. The maximum atomic E-state index is 9.11. The van der Waals surface area contributed by atoms with E-state index in [2.05, 4.69) is 11.2 Å². The maximum absolute atomic E-state index is 9.11. The van der Waals surface area contributed by atoms with Gasteiger partial charge in [0, 0.05) is 5.56 Å². The van der Waals surface area contributed by atoms with Crippen LogP contribution in [0.2, 0.25) is 0 Å². The standard InChI is InChI=1S/C13H11N3O/c1-9-11-7-17-8-13(11)16(15-9)12-5-3-2-4-10(12)6-14/h2-5H,7-8H2,1H3. The van der Waals surface area contributed by atoms with Gasteiger partial charge in [0.2, 0.25) is 0 Å². The minimum absolute atomic E-state index is 0.565. The Balaban J connectivity index is 2.23. The predicted molar refractivity (Wildman–Crippen MR) is 61.5 cm³/mol. The quantitative estimate of drug-likeness (QED) is 0.746. The summed E-state index contributed by atoms with van der Waals surface area (Å²) >= 11 is 0. The molecule has 2 aromatic rings. The van der Waals surface area contributed by atoms with Crippen molar-refractivity contribution < 1.29 is 4.74 Å². The molecule has 1 aliphatic heterocycles. The van der Waals surface area contributed by atoms with E-state index in [1.165, 1.54) is 0 Å². The molecular weight excluding hydrogens is 214 g/mol. The minimum atomic E-state index is 0.565. The second-order valence-electron chi connectivity index (χ2n) is 4.04. The second kappa shape index (κ2) is 3.72. The molecule has 0 N–H and O–H groups in total. The van der Waals surface area contributed by atoms with Gasteiger partial charge in [-0.1, -0.05) is 12.1 Å². The first kappa shape index (κ1) is 10.1. The van der Waals surface area contributed by atoms with E-state index in [-0.39, 0.29) is 0 Å². The van der Waals surface area contributed by atoms with Gasteiger partial charge in [0.25, 0.3) is 0 Å². The maximum Gasteiger partial charge on any atom is 0.101 e. The van der Waals surface area contributed by atoms with Crippen molar-refractivity contribution in [3.8, 4) is 11.8 Å². The molecule has 0 saturated heterocycles. The summed E-state index contributed by atoms with van der Waals surface area (Å²) in [6, 6.07) is 9.67. The Labute approximate surface area is 99.1 Å². The molecule has 3 rings (SSSR count). The van der Waals surface area contributed by atoms with Gasteiger partial charge in [-0.3, -0.25) is 0 Å². The molecule has 0 bridgehead atoms. The lowest BCUT2D eigenvalue weighted by Crippen LogP contribution is -2.03. The van der Waals surface area contributed by atoms with Crippen LogP contribution in [0.3, 0.4) is 0 Å². The Hall–Kier alpha value is -2.12. The molecule has 2 heterocycles. The molecule has 0 radical (unpaired) electrons. The zero-order valence-corrected chi connectivity index (χ0v) is 9.47. The summed E-state index contributed by atoms with van der Waals surface area (Å²) in [5.41, 5.74) is 4.64. The van der Waals surface area contributed by atoms with Gasteiger partial charge in [0.05, 0.1) is 35.9 Å².